The molecule has 0 rings (SSSR count). The largest absolute Gasteiger partial charge is 0.317 e. The second-order valence-electron chi connectivity index (χ2n) is 3.02. The van der Waals surface area contributed by atoms with Gasteiger partial charge in [0.2, 0.25) is 0 Å². The van der Waals surface area contributed by atoms with Crippen LogP contribution < -0.4 is 10.6 Å². The zero-order valence-electron chi connectivity index (χ0n) is 8.28. The fourth-order valence-corrected chi connectivity index (χ4v) is 1.32. The van der Waals surface area contributed by atoms with Crippen molar-refractivity contribution in [1.82, 2.24) is 10.6 Å². The van der Waals surface area contributed by atoms with Crippen LogP contribution in [0.2, 0.25) is 0 Å². The van der Waals surface area contributed by atoms with Crippen LogP contribution in [0.25, 0.3) is 0 Å². The van der Waals surface area contributed by atoms with Gasteiger partial charge in [-0.1, -0.05) is 13.8 Å². The molecule has 2 N–H and O–H groups in total. The standard InChI is InChI=1S/C9H22N2/c1-5-8(10-3)7-9(6-2)11-4/h8-11H,5-7H2,1-4H3. The van der Waals surface area contributed by atoms with Crippen molar-refractivity contribution in [2.24, 2.45) is 0 Å². The summed E-state index contributed by atoms with van der Waals surface area (Å²) < 4.78 is 0. The maximum atomic E-state index is 3.31. The zero-order chi connectivity index (χ0) is 8.69. The molecule has 0 amide bonds. The summed E-state index contributed by atoms with van der Waals surface area (Å²) in [5.74, 6) is 0. The molecule has 2 heteroatoms. The van der Waals surface area contributed by atoms with Crippen molar-refractivity contribution >= 4 is 0 Å². The van der Waals surface area contributed by atoms with Gasteiger partial charge in [0, 0.05) is 12.1 Å². The van der Waals surface area contributed by atoms with Gasteiger partial charge in [0.05, 0.1) is 0 Å². The van der Waals surface area contributed by atoms with Crippen LogP contribution in [-0.4, -0.2) is 26.2 Å². The zero-order valence-corrected chi connectivity index (χ0v) is 8.28. The van der Waals surface area contributed by atoms with Gasteiger partial charge < -0.3 is 10.6 Å². The maximum absolute atomic E-state index is 3.31. The monoisotopic (exact) mass is 158 g/mol. The summed E-state index contributed by atoms with van der Waals surface area (Å²) in [5, 5.41) is 6.62. The van der Waals surface area contributed by atoms with Gasteiger partial charge in [0.25, 0.3) is 0 Å². The van der Waals surface area contributed by atoms with Crippen LogP contribution in [0, 0.1) is 0 Å². The molecule has 0 aromatic rings. The molecule has 0 aromatic heterocycles. The Morgan fingerprint density at radius 2 is 1.27 bits per heavy atom. The van der Waals surface area contributed by atoms with Gasteiger partial charge in [-0.15, -0.1) is 0 Å². The van der Waals surface area contributed by atoms with E-state index >= 15 is 0 Å². The SMILES string of the molecule is CCC(CC(CC)NC)NC. The van der Waals surface area contributed by atoms with Crippen molar-refractivity contribution in [1.29, 1.82) is 0 Å². The molecule has 2 atom stereocenters. The molecule has 0 aromatic carbocycles. The van der Waals surface area contributed by atoms with Gasteiger partial charge in [0.1, 0.15) is 0 Å². The lowest BCUT2D eigenvalue weighted by Gasteiger charge is -2.20. The van der Waals surface area contributed by atoms with Gasteiger partial charge >= 0.3 is 0 Å². The first-order chi connectivity index (χ1) is 5.28. The van der Waals surface area contributed by atoms with E-state index in [9.17, 15) is 0 Å². The lowest BCUT2D eigenvalue weighted by Crippen LogP contribution is -2.34. The molecule has 0 bridgehead atoms. The third kappa shape index (κ3) is 4.38. The summed E-state index contributed by atoms with van der Waals surface area (Å²) in [7, 11) is 4.08. The molecule has 0 aliphatic carbocycles. The van der Waals surface area contributed by atoms with E-state index in [1.165, 1.54) is 19.3 Å². The van der Waals surface area contributed by atoms with Gasteiger partial charge in [-0.25, -0.2) is 0 Å². The molecule has 68 valence electrons. The highest BCUT2D eigenvalue weighted by Gasteiger charge is 2.09. The quantitative estimate of drug-likeness (QED) is 0.610. The third-order valence-electron chi connectivity index (χ3n) is 2.37. The highest BCUT2D eigenvalue weighted by Crippen LogP contribution is 2.04. The van der Waals surface area contributed by atoms with Crippen LogP contribution in [0.4, 0.5) is 0 Å². The van der Waals surface area contributed by atoms with E-state index in [1.54, 1.807) is 0 Å². The lowest BCUT2D eigenvalue weighted by molar-refractivity contribution is 0.410. The Hall–Kier alpha value is -0.0800. The summed E-state index contributed by atoms with van der Waals surface area (Å²) in [6.45, 7) is 4.45. The fraction of sp³-hybridized carbons (Fsp3) is 1.00. The molecule has 0 fully saturated rings. The van der Waals surface area contributed by atoms with Gasteiger partial charge in [-0.3, -0.25) is 0 Å². The van der Waals surface area contributed by atoms with E-state index in [0.29, 0.717) is 12.1 Å². The van der Waals surface area contributed by atoms with Gasteiger partial charge in [-0.05, 0) is 33.4 Å². The fourth-order valence-electron chi connectivity index (χ4n) is 1.32. The Balaban J connectivity index is 3.58. The second-order valence-corrected chi connectivity index (χ2v) is 3.02. The van der Waals surface area contributed by atoms with E-state index in [4.69, 9.17) is 0 Å². The Bertz CT molecular complexity index is 65.6. The normalized spacial score (nSPS) is 16.4. The predicted octanol–water partition coefficient (Wildman–Crippen LogP) is 1.37. The number of hydrogen-bond donors (Lipinski definition) is 2. The Morgan fingerprint density at radius 3 is 1.45 bits per heavy atom. The first-order valence-corrected chi connectivity index (χ1v) is 4.62. The van der Waals surface area contributed by atoms with Crippen molar-refractivity contribution in [3.05, 3.63) is 0 Å². The first-order valence-electron chi connectivity index (χ1n) is 4.62. The minimum absolute atomic E-state index is 0.674. The Labute approximate surface area is 70.8 Å². The van der Waals surface area contributed by atoms with Crippen molar-refractivity contribution in [2.45, 2.75) is 45.2 Å². The minimum atomic E-state index is 0.674. The molecule has 0 saturated heterocycles. The smallest absolute Gasteiger partial charge is 0.00762 e. The molecule has 0 spiro atoms. The van der Waals surface area contributed by atoms with Crippen molar-refractivity contribution in [2.75, 3.05) is 14.1 Å². The summed E-state index contributed by atoms with van der Waals surface area (Å²) in [4.78, 5) is 0. The van der Waals surface area contributed by atoms with E-state index in [-0.39, 0.29) is 0 Å². The molecule has 2 nitrogen and oxygen atoms in total. The van der Waals surface area contributed by atoms with E-state index in [1.807, 2.05) is 14.1 Å². The van der Waals surface area contributed by atoms with E-state index in [2.05, 4.69) is 24.5 Å². The van der Waals surface area contributed by atoms with Crippen LogP contribution in [-0.2, 0) is 0 Å². The summed E-state index contributed by atoms with van der Waals surface area (Å²) in [6, 6.07) is 1.35. The van der Waals surface area contributed by atoms with Crippen molar-refractivity contribution < 1.29 is 0 Å². The molecule has 0 aliphatic rings. The second kappa shape index (κ2) is 6.62. The number of rotatable bonds is 6. The molecular weight excluding hydrogens is 136 g/mol. The molecule has 0 aliphatic heterocycles. The predicted molar refractivity (Wildman–Crippen MR) is 50.9 cm³/mol. The molecule has 0 saturated carbocycles. The van der Waals surface area contributed by atoms with E-state index in [0.717, 1.165) is 0 Å². The number of nitrogens with one attached hydrogen (secondary N) is 2. The molecule has 0 radical (unpaired) electrons. The third-order valence-corrected chi connectivity index (χ3v) is 2.37. The molecule has 11 heavy (non-hydrogen) atoms. The summed E-state index contributed by atoms with van der Waals surface area (Å²) >= 11 is 0. The van der Waals surface area contributed by atoms with Crippen LogP contribution in [0.15, 0.2) is 0 Å². The average molecular weight is 158 g/mol. The van der Waals surface area contributed by atoms with Crippen LogP contribution in [0.3, 0.4) is 0 Å². The van der Waals surface area contributed by atoms with Gasteiger partial charge in [0.15, 0.2) is 0 Å². The van der Waals surface area contributed by atoms with Crippen molar-refractivity contribution in [3.8, 4) is 0 Å². The van der Waals surface area contributed by atoms with Crippen LogP contribution >= 0.6 is 0 Å². The summed E-state index contributed by atoms with van der Waals surface area (Å²) in [6.07, 6.45) is 3.67. The maximum Gasteiger partial charge on any atom is 0.00762 e. The average Bonchev–Trinajstić information content (AvgIpc) is 2.07. The summed E-state index contributed by atoms with van der Waals surface area (Å²) in [5.41, 5.74) is 0. The first kappa shape index (κ1) is 10.9. The molecular formula is C9H22N2. The Morgan fingerprint density at radius 1 is 0.909 bits per heavy atom. The van der Waals surface area contributed by atoms with E-state index < -0.39 is 0 Å². The molecule has 0 heterocycles. The highest BCUT2D eigenvalue weighted by atomic mass is 14.9. The van der Waals surface area contributed by atoms with Gasteiger partial charge in [-0.2, -0.15) is 0 Å². The van der Waals surface area contributed by atoms with Crippen molar-refractivity contribution in [3.63, 3.8) is 0 Å². The highest BCUT2D eigenvalue weighted by molar-refractivity contribution is 4.71. The van der Waals surface area contributed by atoms with Crippen LogP contribution in [0.1, 0.15) is 33.1 Å². The topological polar surface area (TPSA) is 24.1 Å². The van der Waals surface area contributed by atoms with Crippen LogP contribution in [0.5, 0.6) is 0 Å². The minimum Gasteiger partial charge on any atom is -0.317 e. The number of hydrogen-bond acceptors (Lipinski definition) is 2. The lowest BCUT2D eigenvalue weighted by atomic mass is 10.0. The molecule has 2 unspecified atom stereocenters. The Kier molecular flexibility index (Phi) is 6.57.